The smallest absolute Gasteiger partial charge is 0.315 e. The van der Waals surface area contributed by atoms with Crippen molar-refractivity contribution in [3.8, 4) is 11.5 Å². The normalized spacial score (nSPS) is 12.7. The topological polar surface area (TPSA) is 116 Å². The van der Waals surface area contributed by atoms with Crippen LogP contribution >= 0.6 is 0 Å². The summed E-state index contributed by atoms with van der Waals surface area (Å²) in [7, 11) is 1.37. The predicted molar refractivity (Wildman–Crippen MR) is 96.3 cm³/mol. The van der Waals surface area contributed by atoms with E-state index < -0.39 is 28.4 Å². The predicted octanol–water partition coefficient (Wildman–Crippen LogP) is 2.59. The van der Waals surface area contributed by atoms with Crippen molar-refractivity contribution >= 4 is 23.5 Å². The first-order chi connectivity index (χ1) is 13.4. The Morgan fingerprint density at radius 3 is 2.32 bits per heavy atom. The number of carbonyl (C=O) groups excluding carboxylic acids is 3. The Hall–Kier alpha value is -3.75. The van der Waals surface area contributed by atoms with E-state index in [2.05, 4.69) is 0 Å². The molecule has 1 aliphatic heterocycles. The summed E-state index contributed by atoms with van der Waals surface area (Å²) in [6, 6.07) is 10.4. The summed E-state index contributed by atoms with van der Waals surface area (Å²) in [4.78, 5) is 48.1. The van der Waals surface area contributed by atoms with Gasteiger partial charge in [0, 0.05) is 13.0 Å². The Balaban J connectivity index is 1.58. The average Bonchev–Trinajstić information content (AvgIpc) is 2.93. The van der Waals surface area contributed by atoms with Crippen LogP contribution in [-0.4, -0.2) is 41.3 Å². The highest BCUT2D eigenvalue weighted by Gasteiger charge is 2.34. The van der Waals surface area contributed by atoms with Crippen molar-refractivity contribution in [2.45, 2.75) is 12.8 Å². The van der Waals surface area contributed by atoms with Crippen LogP contribution in [0.5, 0.6) is 11.5 Å². The van der Waals surface area contributed by atoms with Crippen molar-refractivity contribution < 1.29 is 28.8 Å². The first kappa shape index (κ1) is 19.0. The number of nitro benzene ring substituents is 1. The molecule has 2 aromatic carbocycles. The van der Waals surface area contributed by atoms with Crippen LogP contribution in [0.25, 0.3) is 0 Å². The quantitative estimate of drug-likeness (QED) is 0.237. The fourth-order valence-corrected chi connectivity index (χ4v) is 2.85. The Bertz CT molecular complexity index is 936. The van der Waals surface area contributed by atoms with E-state index in [4.69, 9.17) is 9.47 Å². The van der Waals surface area contributed by atoms with Crippen molar-refractivity contribution in [2.24, 2.45) is 0 Å². The number of esters is 1. The fraction of sp³-hybridized carbons (Fsp3) is 0.211. The van der Waals surface area contributed by atoms with Gasteiger partial charge in [-0.15, -0.1) is 0 Å². The van der Waals surface area contributed by atoms with Crippen LogP contribution in [0.3, 0.4) is 0 Å². The van der Waals surface area contributed by atoms with Crippen LogP contribution in [0, 0.1) is 10.1 Å². The molecule has 0 saturated carbocycles. The summed E-state index contributed by atoms with van der Waals surface area (Å²) >= 11 is 0. The van der Waals surface area contributed by atoms with Crippen LogP contribution < -0.4 is 9.47 Å². The first-order valence-electron chi connectivity index (χ1n) is 8.40. The molecule has 0 atom stereocenters. The maximum atomic E-state index is 12.3. The number of benzene rings is 2. The molecule has 2 amide bonds. The standard InChI is InChI=1S/C19H16N2O7/c1-27-12-8-9-16(15(11-12)21(25)26)28-17(22)7-4-10-20-18(23)13-5-2-3-6-14(13)19(20)24/h2-3,5-6,8-9,11H,4,7,10H2,1H3. The molecule has 1 aliphatic rings. The molecule has 9 heteroatoms. The molecule has 1 heterocycles. The second-order valence-electron chi connectivity index (χ2n) is 5.98. The van der Waals surface area contributed by atoms with Gasteiger partial charge in [-0.3, -0.25) is 29.4 Å². The zero-order chi connectivity index (χ0) is 20.3. The number of imide groups is 1. The van der Waals surface area contributed by atoms with Gasteiger partial charge in [-0.1, -0.05) is 12.1 Å². The minimum Gasteiger partial charge on any atom is -0.496 e. The van der Waals surface area contributed by atoms with Crippen molar-refractivity contribution in [2.75, 3.05) is 13.7 Å². The Morgan fingerprint density at radius 2 is 1.75 bits per heavy atom. The number of nitrogens with zero attached hydrogens (tertiary/aromatic N) is 2. The van der Waals surface area contributed by atoms with E-state index in [0.717, 1.165) is 11.0 Å². The van der Waals surface area contributed by atoms with E-state index in [1.165, 1.54) is 19.2 Å². The minimum absolute atomic E-state index is 0.0478. The third-order valence-electron chi connectivity index (χ3n) is 4.23. The molecule has 0 saturated heterocycles. The lowest BCUT2D eigenvalue weighted by Gasteiger charge is -2.13. The number of rotatable bonds is 7. The Kier molecular flexibility index (Phi) is 5.35. The van der Waals surface area contributed by atoms with Gasteiger partial charge >= 0.3 is 11.7 Å². The van der Waals surface area contributed by atoms with Gasteiger partial charge in [-0.25, -0.2) is 0 Å². The van der Waals surface area contributed by atoms with Crippen LogP contribution in [-0.2, 0) is 4.79 Å². The minimum atomic E-state index is -0.704. The number of methoxy groups -OCH3 is 1. The van der Waals surface area contributed by atoms with Gasteiger partial charge in [0.15, 0.2) is 0 Å². The van der Waals surface area contributed by atoms with Gasteiger partial charge in [0.2, 0.25) is 5.75 Å². The largest absolute Gasteiger partial charge is 0.496 e. The molecule has 9 nitrogen and oxygen atoms in total. The number of ether oxygens (including phenoxy) is 2. The summed E-state index contributed by atoms with van der Waals surface area (Å²) in [5.74, 6) is -1.45. The number of amides is 2. The van der Waals surface area contributed by atoms with Crippen molar-refractivity contribution in [3.05, 3.63) is 63.7 Å². The third kappa shape index (κ3) is 3.68. The zero-order valence-corrected chi connectivity index (χ0v) is 14.9. The van der Waals surface area contributed by atoms with E-state index in [-0.39, 0.29) is 30.9 Å². The molecule has 144 valence electrons. The average molecular weight is 384 g/mol. The highest BCUT2D eigenvalue weighted by molar-refractivity contribution is 6.21. The molecule has 0 N–H and O–H groups in total. The van der Waals surface area contributed by atoms with E-state index in [1.807, 2.05) is 0 Å². The van der Waals surface area contributed by atoms with Crippen molar-refractivity contribution in [3.63, 3.8) is 0 Å². The van der Waals surface area contributed by atoms with E-state index in [1.54, 1.807) is 24.3 Å². The Labute approximate surface area is 159 Å². The molecule has 2 aromatic rings. The zero-order valence-electron chi connectivity index (χ0n) is 14.9. The molecule has 0 aliphatic carbocycles. The number of hydrogen-bond donors (Lipinski definition) is 0. The lowest BCUT2D eigenvalue weighted by molar-refractivity contribution is -0.385. The molecule has 0 aromatic heterocycles. The monoisotopic (exact) mass is 384 g/mol. The summed E-state index contributed by atoms with van der Waals surface area (Å²) in [5.41, 5.74) is 0.279. The molecule has 0 bridgehead atoms. The maximum Gasteiger partial charge on any atom is 0.315 e. The van der Waals surface area contributed by atoms with Crippen LogP contribution in [0.15, 0.2) is 42.5 Å². The molecule has 3 rings (SSSR count). The first-order valence-corrected chi connectivity index (χ1v) is 8.40. The van der Waals surface area contributed by atoms with Gasteiger partial charge in [0.25, 0.3) is 11.8 Å². The second-order valence-corrected chi connectivity index (χ2v) is 5.98. The van der Waals surface area contributed by atoms with E-state index in [0.29, 0.717) is 11.1 Å². The third-order valence-corrected chi connectivity index (χ3v) is 4.23. The van der Waals surface area contributed by atoms with Gasteiger partial charge < -0.3 is 9.47 Å². The number of fused-ring (bicyclic) bond motifs is 1. The summed E-state index contributed by atoms with van der Waals surface area (Å²) < 4.78 is 9.98. The highest BCUT2D eigenvalue weighted by atomic mass is 16.6. The number of carbonyl (C=O) groups is 3. The van der Waals surface area contributed by atoms with E-state index >= 15 is 0 Å². The van der Waals surface area contributed by atoms with Crippen LogP contribution in [0.2, 0.25) is 0 Å². The molecule has 0 unspecified atom stereocenters. The molecule has 0 radical (unpaired) electrons. The molecule has 0 fully saturated rings. The number of nitro groups is 1. The second kappa shape index (κ2) is 7.87. The molecule has 28 heavy (non-hydrogen) atoms. The summed E-state index contributed by atoms with van der Waals surface area (Å²) in [6.07, 6.45) is 0.0604. The van der Waals surface area contributed by atoms with Crippen LogP contribution in [0.4, 0.5) is 5.69 Å². The highest BCUT2D eigenvalue weighted by Crippen LogP contribution is 2.31. The molecular weight excluding hydrogens is 368 g/mol. The van der Waals surface area contributed by atoms with Crippen LogP contribution in [0.1, 0.15) is 33.6 Å². The number of hydrogen-bond acceptors (Lipinski definition) is 7. The lowest BCUT2D eigenvalue weighted by atomic mass is 10.1. The summed E-state index contributed by atoms with van der Waals surface area (Å²) in [5, 5.41) is 11.1. The lowest BCUT2D eigenvalue weighted by Crippen LogP contribution is -2.31. The van der Waals surface area contributed by atoms with Gasteiger partial charge in [0.05, 0.1) is 29.2 Å². The Morgan fingerprint density at radius 1 is 1.11 bits per heavy atom. The summed E-state index contributed by atoms with van der Waals surface area (Å²) in [6.45, 7) is 0.0478. The molecular formula is C19H16N2O7. The van der Waals surface area contributed by atoms with Gasteiger partial charge in [0.1, 0.15) is 5.75 Å². The fourth-order valence-electron chi connectivity index (χ4n) is 2.85. The van der Waals surface area contributed by atoms with Crippen molar-refractivity contribution in [1.29, 1.82) is 0 Å². The maximum absolute atomic E-state index is 12.3. The van der Waals surface area contributed by atoms with Crippen molar-refractivity contribution in [1.82, 2.24) is 4.90 Å². The molecule has 0 spiro atoms. The van der Waals surface area contributed by atoms with Gasteiger partial charge in [-0.05, 0) is 30.7 Å². The van der Waals surface area contributed by atoms with Gasteiger partial charge in [-0.2, -0.15) is 0 Å². The SMILES string of the molecule is COc1ccc(OC(=O)CCCN2C(=O)c3ccccc3C2=O)c([N+](=O)[O-])c1. The van der Waals surface area contributed by atoms with E-state index in [9.17, 15) is 24.5 Å².